The number of hydrogen-bond acceptors (Lipinski definition) is 3. The van der Waals surface area contributed by atoms with Crippen LogP contribution in [0.4, 0.5) is 5.82 Å². The first-order valence-electron chi connectivity index (χ1n) is 8.18. The number of morpholine rings is 1. The second-order valence-corrected chi connectivity index (χ2v) is 6.22. The van der Waals surface area contributed by atoms with Crippen LogP contribution in [0.1, 0.15) is 12.8 Å². The summed E-state index contributed by atoms with van der Waals surface area (Å²) in [6.45, 7) is 4.47. The van der Waals surface area contributed by atoms with E-state index in [1.165, 1.54) is 24.0 Å². The van der Waals surface area contributed by atoms with Crippen molar-refractivity contribution < 1.29 is 26.4 Å². The zero-order valence-corrected chi connectivity index (χ0v) is 14.8. The molecule has 1 aromatic heterocycles. The molecular formula is C18H22BrN3O. The highest BCUT2D eigenvalue weighted by Gasteiger charge is 2.28. The van der Waals surface area contributed by atoms with Crippen LogP contribution in [0.5, 0.6) is 0 Å². The largest absolute Gasteiger partial charge is 1.00 e. The van der Waals surface area contributed by atoms with Crippen molar-refractivity contribution in [1.29, 1.82) is 0 Å². The van der Waals surface area contributed by atoms with E-state index in [2.05, 4.69) is 52.2 Å². The van der Waals surface area contributed by atoms with Gasteiger partial charge in [-0.3, -0.25) is 0 Å². The number of ether oxygens (including phenoxy) is 1. The first-order chi connectivity index (χ1) is 10.9. The summed E-state index contributed by atoms with van der Waals surface area (Å²) in [4.78, 5) is 2.33. The van der Waals surface area contributed by atoms with Gasteiger partial charge in [0.15, 0.2) is 12.4 Å². The van der Waals surface area contributed by atoms with E-state index < -0.39 is 0 Å². The standard InChI is InChI=1S/C18H22N3O.BrH/c1-2-4-16(5-3-1)17-12-18(20-8-10-22-11-9-20)19-21(14-17)13-15-6-7-15;/h1-5,12,14-15H,6-11,13H2;1H/q+1;/p-1. The lowest BCUT2D eigenvalue weighted by Crippen LogP contribution is -3.00. The smallest absolute Gasteiger partial charge is 0.204 e. The van der Waals surface area contributed by atoms with Crippen LogP contribution in [0.25, 0.3) is 11.1 Å². The summed E-state index contributed by atoms with van der Waals surface area (Å²) in [6.07, 6.45) is 4.88. The van der Waals surface area contributed by atoms with Crippen LogP contribution < -0.4 is 26.6 Å². The molecule has 1 saturated heterocycles. The second kappa shape index (κ2) is 7.41. The van der Waals surface area contributed by atoms with E-state index in [4.69, 9.17) is 9.84 Å². The normalized spacial score (nSPS) is 17.7. The van der Waals surface area contributed by atoms with Crippen molar-refractivity contribution in [2.45, 2.75) is 19.4 Å². The lowest BCUT2D eigenvalue weighted by Gasteiger charge is -2.26. The SMILES string of the molecule is [Br-].c1ccc(-c2cc(N3CCOCC3)n[n+](CC3CC3)c2)cc1. The molecule has 1 aromatic carbocycles. The summed E-state index contributed by atoms with van der Waals surface area (Å²) in [6, 6.07) is 12.8. The first kappa shape index (κ1) is 16.4. The van der Waals surface area contributed by atoms with Gasteiger partial charge in [-0.1, -0.05) is 35.0 Å². The van der Waals surface area contributed by atoms with Gasteiger partial charge in [-0.05, 0) is 18.4 Å². The molecule has 1 saturated carbocycles. The number of nitrogens with zero attached hydrogens (tertiary/aromatic N) is 3. The summed E-state index contributed by atoms with van der Waals surface area (Å²) >= 11 is 0. The van der Waals surface area contributed by atoms with Crippen LogP contribution in [0, 0.1) is 5.92 Å². The third-order valence-corrected chi connectivity index (χ3v) is 4.39. The van der Waals surface area contributed by atoms with E-state index in [0.29, 0.717) is 0 Å². The number of benzene rings is 1. The number of anilines is 1. The highest BCUT2D eigenvalue weighted by molar-refractivity contribution is 5.64. The van der Waals surface area contributed by atoms with Crippen molar-refractivity contribution in [2.24, 2.45) is 5.92 Å². The zero-order valence-electron chi connectivity index (χ0n) is 13.2. The van der Waals surface area contributed by atoms with Gasteiger partial charge >= 0.3 is 0 Å². The summed E-state index contributed by atoms with van der Waals surface area (Å²) in [7, 11) is 0. The molecule has 122 valence electrons. The maximum absolute atomic E-state index is 5.46. The van der Waals surface area contributed by atoms with Crippen LogP contribution in [0.2, 0.25) is 0 Å². The van der Waals surface area contributed by atoms with Gasteiger partial charge in [0.1, 0.15) is 0 Å². The third kappa shape index (κ3) is 4.09. The first-order valence-corrected chi connectivity index (χ1v) is 8.18. The van der Waals surface area contributed by atoms with Crippen molar-refractivity contribution >= 4 is 5.82 Å². The third-order valence-electron chi connectivity index (χ3n) is 4.39. The molecule has 5 heteroatoms. The molecule has 0 radical (unpaired) electrons. The molecule has 0 bridgehead atoms. The van der Waals surface area contributed by atoms with Gasteiger partial charge < -0.3 is 26.6 Å². The van der Waals surface area contributed by atoms with Crippen LogP contribution in [0.15, 0.2) is 42.6 Å². The minimum atomic E-state index is 0. The average molecular weight is 376 g/mol. The molecule has 0 spiro atoms. The Balaban J connectivity index is 0.00000156. The van der Waals surface area contributed by atoms with Gasteiger partial charge in [0.25, 0.3) is 0 Å². The predicted octanol–water partition coefficient (Wildman–Crippen LogP) is -0.713. The van der Waals surface area contributed by atoms with Crippen molar-refractivity contribution in [1.82, 2.24) is 5.10 Å². The lowest BCUT2D eigenvalue weighted by atomic mass is 10.1. The predicted molar refractivity (Wildman–Crippen MR) is 85.6 cm³/mol. The Hall–Kier alpha value is -1.46. The quantitative estimate of drug-likeness (QED) is 0.661. The van der Waals surface area contributed by atoms with E-state index in [1.54, 1.807) is 0 Å². The maximum Gasteiger partial charge on any atom is 0.204 e. The van der Waals surface area contributed by atoms with Crippen LogP contribution in [-0.4, -0.2) is 31.4 Å². The molecule has 2 aliphatic rings. The molecule has 0 amide bonds. The summed E-state index contributed by atoms with van der Waals surface area (Å²) in [5.41, 5.74) is 2.50. The molecule has 4 nitrogen and oxygen atoms in total. The Bertz CT molecular complexity index is 640. The fourth-order valence-electron chi connectivity index (χ4n) is 2.92. The van der Waals surface area contributed by atoms with Crippen molar-refractivity contribution in [3.63, 3.8) is 0 Å². The average Bonchev–Trinajstić information content (AvgIpc) is 3.40. The highest BCUT2D eigenvalue weighted by atomic mass is 79.9. The van der Waals surface area contributed by atoms with Gasteiger partial charge in [0.05, 0.1) is 18.8 Å². The van der Waals surface area contributed by atoms with Gasteiger partial charge in [-0.2, -0.15) is 0 Å². The van der Waals surface area contributed by atoms with Crippen molar-refractivity contribution in [2.75, 3.05) is 31.2 Å². The van der Waals surface area contributed by atoms with E-state index in [1.807, 2.05) is 0 Å². The van der Waals surface area contributed by atoms with E-state index in [0.717, 1.165) is 44.6 Å². The van der Waals surface area contributed by atoms with Gasteiger partial charge in [-0.15, -0.1) is 0 Å². The van der Waals surface area contributed by atoms with Crippen LogP contribution in [0.3, 0.4) is 0 Å². The van der Waals surface area contributed by atoms with Crippen molar-refractivity contribution in [3.8, 4) is 11.1 Å². The van der Waals surface area contributed by atoms with Crippen LogP contribution in [-0.2, 0) is 11.3 Å². The minimum absolute atomic E-state index is 0. The molecule has 4 rings (SSSR count). The van der Waals surface area contributed by atoms with Gasteiger partial charge in [0.2, 0.25) is 6.20 Å². The monoisotopic (exact) mass is 375 g/mol. The topological polar surface area (TPSA) is 29.2 Å². The summed E-state index contributed by atoms with van der Waals surface area (Å²) < 4.78 is 7.61. The van der Waals surface area contributed by atoms with E-state index in [9.17, 15) is 0 Å². The number of rotatable bonds is 4. The van der Waals surface area contributed by atoms with Crippen molar-refractivity contribution in [3.05, 3.63) is 42.6 Å². The highest BCUT2D eigenvalue weighted by Crippen LogP contribution is 2.29. The van der Waals surface area contributed by atoms with E-state index >= 15 is 0 Å². The molecule has 0 N–H and O–H groups in total. The zero-order chi connectivity index (χ0) is 14.8. The molecule has 2 fully saturated rings. The Kier molecular flexibility index (Phi) is 5.28. The molecule has 0 atom stereocenters. The Morgan fingerprint density at radius 1 is 1.09 bits per heavy atom. The molecule has 1 aliphatic carbocycles. The number of aromatic nitrogens is 2. The fourth-order valence-corrected chi connectivity index (χ4v) is 2.92. The van der Waals surface area contributed by atoms with E-state index in [-0.39, 0.29) is 17.0 Å². The Morgan fingerprint density at radius 3 is 2.52 bits per heavy atom. The molecular weight excluding hydrogens is 354 g/mol. The van der Waals surface area contributed by atoms with Gasteiger partial charge in [-0.25, -0.2) is 0 Å². The molecule has 23 heavy (non-hydrogen) atoms. The number of halogens is 1. The summed E-state index contributed by atoms with van der Waals surface area (Å²) in [5, 5.41) is 4.85. The van der Waals surface area contributed by atoms with Crippen LogP contribution >= 0.6 is 0 Å². The lowest BCUT2D eigenvalue weighted by molar-refractivity contribution is -0.755. The number of hydrogen-bond donors (Lipinski definition) is 0. The molecule has 2 aromatic rings. The summed E-state index contributed by atoms with van der Waals surface area (Å²) in [5.74, 6) is 1.89. The second-order valence-electron chi connectivity index (χ2n) is 6.22. The molecule has 2 heterocycles. The Labute approximate surface area is 147 Å². The fraction of sp³-hybridized carbons (Fsp3) is 0.444. The molecule has 1 aliphatic heterocycles. The minimum Gasteiger partial charge on any atom is -1.00 e. The molecule has 0 unspecified atom stereocenters. The van der Waals surface area contributed by atoms with Gasteiger partial charge in [0, 0.05) is 30.2 Å². The Morgan fingerprint density at radius 2 is 1.83 bits per heavy atom. The maximum atomic E-state index is 5.46.